The number of aromatic amines is 1. The van der Waals surface area contributed by atoms with Crippen LogP contribution in [-0.4, -0.2) is 38.6 Å². The fourth-order valence-corrected chi connectivity index (χ4v) is 4.70. The van der Waals surface area contributed by atoms with Gasteiger partial charge in [-0.3, -0.25) is 4.79 Å². The van der Waals surface area contributed by atoms with Crippen LogP contribution in [0.5, 0.6) is 0 Å². The fraction of sp³-hybridized carbons (Fsp3) is 0.222. The number of hydrogen-bond donors (Lipinski definition) is 4. The van der Waals surface area contributed by atoms with Crippen LogP contribution >= 0.6 is 11.6 Å². The molecular formula is C27H26ClN5O2. The molecule has 0 aliphatic heterocycles. The minimum absolute atomic E-state index is 0.245. The highest BCUT2D eigenvalue weighted by Crippen LogP contribution is 2.26. The SMILES string of the molecule is Cc1cnc(NC2Cc3ccccc3C2)nc1-c1c[nH]c(C(=O)N[C@H](CO)c2cccc(Cl)c2)c1. The maximum Gasteiger partial charge on any atom is 0.268 e. The summed E-state index contributed by atoms with van der Waals surface area (Å²) >= 11 is 6.06. The summed E-state index contributed by atoms with van der Waals surface area (Å²) in [6, 6.07) is 17.0. The number of benzene rings is 2. The molecule has 1 aliphatic carbocycles. The number of aliphatic hydroxyl groups excluding tert-OH is 1. The highest BCUT2D eigenvalue weighted by Gasteiger charge is 2.22. The first kappa shape index (κ1) is 23.1. The van der Waals surface area contributed by atoms with Crippen molar-refractivity contribution in [3.63, 3.8) is 0 Å². The molecular weight excluding hydrogens is 462 g/mol. The molecule has 0 fully saturated rings. The maximum atomic E-state index is 12.9. The second-order valence-electron chi connectivity index (χ2n) is 8.81. The Morgan fingerprint density at radius 2 is 1.94 bits per heavy atom. The first-order valence-electron chi connectivity index (χ1n) is 11.5. The molecule has 1 atom stereocenters. The Morgan fingerprint density at radius 1 is 1.17 bits per heavy atom. The van der Waals surface area contributed by atoms with E-state index >= 15 is 0 Å². The number of halogens is 1. The summed E-state index contributed by atoms with van der Waals surface area (Å²) in [5.41, 5.74) is 6.27. The summed E-state index contributed by atoms with van der Waals surface area (Å²) < 4.78 is 0. The van der Waals surface area contributed by atoms with Crippen molar-refractivity contribution in [1.29, 1.82) is 0 Å². The van der Waals surface area contributed by atoms with E-state index in [2.05, 4.69) is 44.9 Å². The number of H-pyrrole nitrogens is 1. The van der Waals surface area contributed by atoms with Gasteiger partial charge >= 0.3 is 0 Å². The highest BCUT2D eigenvalue weighted by atomic mass is 35.5. The molecule has 2 aromatic carbocycles. The van der Waals surface area contributed by atoms with E-state index in [4.69, 9.17) is 16.6 Å². The molecule has 4 aromatic rings. The lowest BCUT2D eigenvalue weighted by Gasteiger charge is -2.16. The maximum absolute atomic E-state index is 12.9. The van der Waals surface area contributed by atoms with Crippen LogP contribution in [0.4, 0.5) is 5.95 Å². The second-order valence-corrected chi connectivity index (χ2v) is 9.25. The van der Waals surface area contributed by atoms with Crippen molar-refractivity contribution in [2.45, 2.75) is 31.8 Å². The van der Waals surface area contributed by atoms with Crippen molar-refractivity contribution in [1.82, 2.24) is 20.3 Å². The molecule has 0 radical (unpaired) electrons. The normalized spacial score (nSPS) is 13.9. The van der Waals surface area contributed by atoms with Gasteiger partial charge in [0.25, 0.3) is 5.91 Å². The van der Waals surface area contributed by atoms with E-state index in [1.165, 1.54) is 11.1 Å². The molecule has 0 saturated heterocycles. The quantitative estimate of drug-likeness (QED) is 0.308. The van der Waals surface area contributed by atoms with Gasteiger partial charge < -0.3 is 20.7 Å². The van der Waals surface area contributed by atoms with Gasteiger partial charge in [-0.25, -0.2) is 9.97 Å². The summed E-state index contributed by atoms with van der Waals surface area (Å²) in [5, 5.41) is 16.7. The van der Waals surface area contributed by atoms with E-state index in [1.54, 1.807) is 36.7 Å². The molecule has 0 saturated carbocycles. The number of fused-ring (bicyclic) bond motifs is 1. The van der Waals surface area contributed by atoms with Gasteiger partial charge in [0.1, 0.15) is 5.69 Å². The Labute approximate surface area is 208 Å². The van der Waals surface area contributed by atoms with Gasteiger partial charge in [-0.2, -0.15) is 0 Å². The van der Waals surface area contributed by atoms with E-state index in [1.807, 2.05) is 13.0 Å². The average Bonchev–Trinajstić information content (AvgIpc) is 3.50. The lowest BCUT2D eigenvalue weighted by atomic mass is 10.1. The van der Waals surface area contributed by atoms with Crippen LogP contribution < -0.4 is 10.6 Å². The molecule has 5 rings (SSSR count). The lowest BCUT2D eigenvalue weighted by molar-refractivity contribution is 0.0911. The van der Waals surface area contributed by atoms with Crippen molar-refractivity contribution in [3.05, 3.63) is 100.0 Å². The second kappa shape index (κ2) is 9.90. The number of nitrogens with one attached hydrogen (secondary N) is 3. The molecule has 0 spiro atoms. The predicted octanol–water partition coefficient (Wildman–Crippen LogP) is 4.48. The van der Waals surface area contributed by atoms with E-state index in [0.29, 0.717) is 16.7 Å². The van der Waals surface area contributed by atoms with Crippen LogP contribution in [0, 0.1) is 6.92 Å². The largest absolute Gasteiger partial charge is 0.394 e. The van der Waals surface area contributed by atoms with Crippen molar-refractivity contribution >= 4 is 23.5 Å². The van der Waals surface area contributed by atoms with Crippen LogP contribution in [0.3, 0.4) is 0 Å². The topological polar surface area (TPSA) is 103 Å². The monoisotopic (exact) mass is 487 g/mol. The number of aryl methyl sites for hydroxylation is 1. The van der Waals surface area contributed by atoms with Crippen molar-refractivity contribution < 1.29 is 9.90 Å². The van der Waals surface area contributed by atoms with Crippen LogP contribution in [0.25, 0.3) is 11.3 Å². The number of aliphatic hydroxyl groups is 1. The van der Waals surface area contributed by atoms with Crippen molar-refractivity contribution in [2.75, 3.05) is 11.9 Å². The molecule has 0 unspecified atom stereocenters. The fourth-order valence-electron chi connectivity index (χ4n) is 4.50. The van der Waals surface area contributed by atoms with Gasteiger partial charge in [0.05, 0.1) is 18.3 Å². The Kier molecular flexibility index (Phi) is 6.53. The summed E-state index contributed by atoms with van der Waals surface area (Å²) in [7, 11) is 0. The molecule has 1 aliphatic rings. The third-order valence-corrected chi connectivity index (χ3v) is 6.53. The highest BCUT2D eigenvalue weighted by molar-refractivity contribution is 6.30. The van der Waals surface area contributed by atoms with E-state index < -0.39 is 6.04 Å². The summed E-state index contributed by atoms with van der Waals surface area (Å²) in [6.45, 7) is 1.70. The van der Waals surface area contributed by atoms with Gasteiger partial charge in [0.15, 0.2) is 0 Å². The summed E-state index contributed by atoms with van der Waals surface area (Å²) in [4.78, 5) is 25.1. The Balaban J connectivity index is 1.30. The average molecular weight is 488 g/mol. The smallest absolute Gasteiger partial charge is 0.268 e. The third-order valence-electron chi connectivity index (χ3n) is 6.30. The number of aromatic nitrogens is 3. The minimum atomic E-state index is -0.569. The minimum Gasteiger partial charge on any atom is -0.394 e. The number of hydrogen-bond acceptors (Lipinski definition) is 5. The zero-order chi connectivity index (χ0) is 24.4. The molecule has 1 amide bonds. The van der Waals surface area contributed by atoms with E-state index in [0.717, 1.165) is 35.2 Å². The zero-order valence-corrected chi connectivity index (χ0v) is 20.0. The lowest BCUT2D eigenvalue weighted by Crippen LogP contribution is -2.31. The summed E-state index contributed by atoms with van der Waals surface area (Å²) in [5.74, 6) is 0.237. The first-order chi connectivity index (χ1) is 17.0. The van der Waals surface area contributed by atoms with Crippen LogP contribution in [0.15, 0.2) is 67.0 Å². The van der Waals surface area contributed by atoms with E-state index in [9.17, 15) is 9.90 Å². The molecule has 7 nitrogen and oxygen atoms in total. The Morgan fingerprint density at radius 3 is 2.66 bits per heavy atom. The van der Waals surface area contributed by atoms with Gasteiger partial charge in [0.2, 0.25) is 5.95 Å². The Hall–Kier alpha value is -3.68. The van der Waals surface area contributed by atoms with E-state index in [-0.39, 0.29) is 18.6 Å². The number of rotatable bonds is 7. The van der Waals surface area contributed by atoms with Crippen LogP contribution in [0.2, 0.25) is 5.02 Å². The molecule has 0 bridgehead atoms. The number of carbonyl (C=O) groups excluding carboxylic acids is 1. The van der Waals surface area contributed by atoms with Crippen LogP contribution in [-0.2, 0) is 12.8 Å². The number of amides is 1. The van der Waals surface area contributed by atoms with Gasteiger partial charge in [-0.1, -0.05) is 48.0 Å². The van der Waals surface area contributed by atoms with Crippen molar-refractivity contribution in [3.8, 4) is 11.3 Å². The van der Waals surface area contributed by atoms with Gasteiger partial charge in [-0.15, -0.1) is 0 Å². The number of nitrogens with zero attached hydrogens (tertiary/aromatic N) is 2. The Bertz CT molecular complexity index is 1340. The van der Waals surface area contributed by atoms with Gasteiger partial charge in [0, 0.05) is 29.0 Å². The molecule has 178 valence electrons. The molecule has 2 aromatic heterocycles. The molecule has 8 heteroatoms. The van der Waals surface area contributed by atoms with Crippen molar-refractivity contribution in [2.24, 2.45) is 0 Å². The number of anilines is 1. The van der Waals surface area contributed by atoms with Gasteiger partial charge in [-0.05, 0) is 60.2 Å². The zero-order valence-electron chi connectivity index (χ0n) is 19.3. The molecule has 2 heterocycles. The standard InChI is InChI=1S/C27H26ClN5O2/c1-16-13-30-27(31-22-10-17-5-2-3-6-18(17)11-22)33-25(16)20-12-23(29-14-20)26(35)32-24(15-34)19-7-4-8-21(28)9-19/h2-9,12-14,22,24,29,34H,10-11,15H2,1H3,(H,32,35)(H,30,31,33)/t24-/m1/s1. The third kappa shape index (κ3) is 5.06. The predicted molar refractivity (Wildman–Crippen MR) is 137 cm³/mol. The number of carbonyl (C=O) groups is 1. The van der Waals surface area contributed by atoms with Crippen LogP contribution in [0.1, 0.15) is 38.8 Å². The first-order valence-corrected chi connectivity index (χ1v) is 11.9. The summed E-state index contributed by atoms with van der Waals surface area (Å²) in [6.07, 6.45) is 5.43. The molecule has 4 N–H and O–H groups in total. The molecule has 35 heavy (non-hydrogen) atoms.